The van der Waals surface area contributed by atoms with E-state index in [1.807, 2.05) is 0 Å². The van der Waals surface area contributed by atoms with Crippen molar-refractivity contribution in [3.05, 3.63) is 46.4 Å². The van der Waals surface area contributed by atoms with Crippen molar-refractivity contribution in [2.45, 2.75) is 19.1 Å². The van der Waals surface area contributed by atoms with E-state index < -0.39 is 41.2 Å². The number of urea groups is 1. The van der Waals surface area contributed by atoms with Crippen molar-refractivity contribution < 1.29 is 31.9 Å². The standard InChI is InChI=1S/C14H12F4N2O3/c1-6-10(12(21)23-2)11(20-13(22)19-6)8-5-7(14(16,17)18)3-4-9(8)15/h3-5,11H,1-2H3,(H2,19,20,22). The summed E-state index contributed by atoms with van der Waals surface area (Å²) < 4.78 is 57.0. The summed E-state index contributed by atoms with van der Waals surface area (Å²) in [5.41, 5.74) is -1.68. The van der Waals surface area contributed by atoms with Crippen molar-refractivity contribution in [3.8, 4) is 0 Å². The van der Waals surface area contributed by atoms with Gasteiger partial charge in [0.2, 0.25) is 0 Å². The van der Waals surface area contributed by atoms with Crippen LogP contribution in [0.3, 0.4) is 0 Å². The van der Waals surface area contributed by atoms with E-state index in [-0.39, 0.29) is 11.3 Å². The van der Waals surface area contributed by atoms with Gasteiger partial charge in [-0.05, 0) is 25.1 Å². The average Bonchev–Trinajstić information content (AvgIpc) is 2.45. The number of methoxy groups -OCH3 is 1. The number of benzene rings is 1. The van der Waals surface area contributed by atoms with Crippen LogP contribution in [0.5, 0.6) is 0 Å². The fourth-order valence-electron chi connectivity index (χ4n) is 2.25. The fourth-order valence-corrected chi connectivity index (χ4v) is 2.25. The SMILES string of the molecule is COC(=O)C1=C(C)NC(=O)NC1c1cc(C(F)(F)F)ccc1F. The fraction of sp³-hybridized carbons (Fsp3) is 0.286. The minimum atomic E-state index is -4.69. The van der Waals surface area contributed by atoms with Crippen molar-refractivity contribution in [1.29, 1.82) is 0 Å². The maximum atomic E-state index is 14.0. The predicted molar refractivity (Wildman–Crippen MR) is 70.5 cm³/mol. The summed E-state index contributed by atoms with van der Waals surface area (Å²) in [5.74, 6) is -1.88. The monoisotopic (exact) mass is 332 g/mol. The number of alkyl halides is 3. The first-order valence-corrected chi connectivity index (χ1v) is 6.38. The summed E-state index contributed by atoms with van der Waals surface area (Å²) in [6, 6.07) is -0.385. The van der Waals surface area contributed by atoms with Crippen LogP contribution in [0.4, 0.5) is 22.4 Å². The Bertz CT molecular complexity index is 698. The molecule has 1 aliphatic rings. The van der Waals surface area contributed by atoms with Gasteiger partial charge in [-0.2, -0.15) is 13.2 Å². The third-order valence-corrected chi connectivity index (χ3v) is 3.31. The molecule has 0 bridgehead atoms. The second-order valence-corrected chi connectivity index (χ2v) is 4.80. The molecule has 124 valence electrons. The van der Waals surface area contributed by atoms with Gasteiger partial charge < -0.3 is 15.4 Å². The number of rotatable bonds is 2. The molecular formula is C14H12F4N2O3. The maximum Gasteiger partial charge on any atom is 0.416 e. The summed E-state index contributed by atoms with van der Waals surface area (Å²) in [5, 5.41) is 4.52. The van der Waals surface area contributed by atoms with Gasteiger partial charge in [0.25, 0.3) is 0 Å². The normalized spacial score (nSPS) is 18.3. The van der Waals surface area contributed by atoms with E-state index in [0.717, 1.165) is 7.11 Å². The lowest BCUT2D eigenvalue weighted by molar-refractivity contribution is -0.137. The molecule has 0 radical (unpaired) electrons. The molecule has 0 fully saturated rings. The van der Waals surface area contributed by atoms with Crippen LogP contribution in [-0.4, -0.2) is 19.1 Å². The maximum absolute atomic E-state index is 14.0. The molecule has 23 heavy (non-hydrogen) atoms. The van der Waals surface area contributed by atoms with Crippen molar-refractivity contribution in [2.75, 3.05) is 7.11 Å². The highest BCUT2D eigenvalue weighted by atomic mass is 19.4. The van der Waals surface area contributed by atoms with Gasteiger partial charge in [-0.25, -0.2) is 14.0 Å². The molecule has 1 aromatic rings. The first kappa shape index (κ1) is 16.8. The van der Waals surface area contributed by atoms with E-state index in [1.54, 1.807) is 0 Å². The highest BCUT2D eigenvalue weighted by molar-refractivity contribution is 5.94. The smallest absolute Gasteiger partial charge is 0.416 e. The summed E-state index contributed by atoms with van der Waals surface area (Å²) >= 11 is 0. The number of amides is 2. The molecule has 1 atom stereocenters. The minimum absolute atomic E-state index is 0.0717. The van der Waals surface area contributed by atoms with E-state index in [9.17, 15) is 27.2 Å². The lowest BCUT2D eigenvalue weighted by Crippen LogP contribution is -2.45. The third kappa shape index (κ3) is 3.27. The van der Waals surface area contributed by atoms with Crippen LogP contribution in [0.2, 0.25) is 0 Å². The Morgan fingerprint density at radius 1 is 1.30 bits per heavy atom. The number of carbonyl (C=O) groups excluding carboxylic acids is 2. The van der Waals surface area contributed by atoms with Crippen LogP contribution < -0.4 is 10.6 Å². The average molecular weight is 332 g/mol. The van der Waals surface area contributed by atoms with Crippen LogP contribution >= 0.6 is 0 Å². The predicted octanol–water partition coefficient (Wildman–Crippen LogP) is 2.65. The molecule has 0 saturated heterocycles. The first-order valence-electron chi connectivity index (χ1n) is 6.38. The van der Waals surface area contributed by atoms with Gasteiger partial charge in [0.1, 0.15) is 5.82 Å². The molecule has 0 aliphatic carbocycles. The molecule has 1 aromatic carbocycles. The summed E-state index contributed by atoms with van der Waals surface area (Å²) in [6.45, 7) is 1.36. The molecule has 5 nitrogen and oxygen atoms in total. The van der Waals surface area contributed by atoms with E-state index in [2.05, 4.69) is 15.4 Å². The van der Waals surface area contributed by atoms with E-state index in [4.69, 9.17) is 0 Å². The van der Waals surface area contributed by atoms with E-state index >= 15 is 0 Å². The van der Waals surface area contributed by atoms with Gasteiger partial charge in [-0.15, -0.1) is 0 Å². The zero-order valence-electron chi connectivity index (χ0n) is 12.0. The summed E-state index contributed by atoms with van der Waals surface area (Å²) in [6.07, 6.45) is -4.69. The van der Waals surface area contributed by atoms with Gasteiger partial charge in [0.15, 0.2) is 0 Å². The Balaban J connectivity index is 2.60. The number of hydrogen-bond acceptors (Lipinski definition) is 3. The Kier molecular flexibility index (Phi) is 4.31. The van der Waals surface area contributed by atoms with Gasteiger partial charge in [0.05, 0.1) is 24.3 Å². The molecule has 2 N–H and O–H groups in total. The first-order chi connectivity index (χ1) is 10.6. The largest absolute Gasteiger partial charge is 0.466 e. The molecule has 1 heterocycles. The zero-order chi connectivity index (χ0) is 17.4. The number of ether oxygens (including phenoxy) is 1. The second-order valence-electron chi connectivity index (χ2n) is 4.80. The molecule has 0 spiro atoms. The van der Waals surface area contributed by atoms with E-state index in [0.29, 0.717) is 18.2 Å². The zero-order valence-corrected chi connectivity index (χ0v) is 12.0. The molecule has 0 aromatic heterocycles. The molecular weight excluding hydrogens is 320 g/mol. The molecule has 1 aliphatic heterocycles. The number of allylic oxidation sites excluding steroid dienone is 1. The van der Waals surface area contributed by atoms with Gasteiger partial charge in [-0.1, -0.05) is 0 Å². The number of carbonyl (C=O) groups is 2. The lowest BCUT2D eigenvalue weighted by Gasteiger charge is -2.28. The Labute approximate surface area is 128 Å². The second kappa shape index (κ2) is 5.90. The number of esters is 1. The lowest BCUT2D eigenvalue weighted by atomic mass is 9.93. The Morgan fingerprint density at radius 2 is 1.96 bits per heavy atom. The van der Waals surface area contributed by atoms with Crippen molar-refractivity contribution in [1.82, 2.24) is 10.6 Å². The van der Waals surface area contributed by atoms with Crippen LogP contribution in [0.1, 0.15) is 24.1 Å². The van der Waals surface area contributed by atoms with Crippen molar-refractivity contribution >= 4 is 12.0 Å². The van der Waals surface area contributed by atoms with Crippen LogP contribution in [0.15, 0.2) is 29.5 Å². The Morgan fingerprint density at radius 3 is 2.52 bits per heavy atom. The van der Waals surface area contributed by atoms with Crippen LogP contribution in [0.25, 0.3) is 0 Å². The summed E-state index contributed by atoms with van der Waals surface area (Å²) in [7, 11) is 1.07. The van der Waals surface area contributed by atoms with Gasteiger partial charge >= 0.3 is 18.2 Å². The summed E-state index contributed by atoms with van der Waals surface area (Å²) in [4.78, 5) is 23.4. The van der Waals surface area contributed by atoms with Gasteiger partial charge in [0, 0.05) is 11.3 Å². The molecule has 2 amide bonds. The van der Waals surface area contributed by atoms with Crippen molar-refractivity contribution in [2.24, 2.45) is 0 Å². The topological polar surface area (TPSA) is 67.4 Å². The highest BCUT2D eigenvalue weighted by Gasteiger charge is 2.36. The van der Waals surface area contributed by atoms with Gasteiger partial charge in [-0.3, -0.25) is 0 Å². The van der Waals surface area contributed by atoms with E-state index in [1.165, 1.54) is 6.92 Å². The number of hydrogen-bond donors (Lipinski definition) is 2. The van der Waals surface area contributed by atoms with Crippen LogP contribution in [-0.2, 0) is 15.7 Å². The molecule has 0 saturated carbocycles. The molecule has 1 unspecified atom stereocenters. The van der Waals surface area contributed by atoms with Crippen LogP contribution in [0, 0.1) is 5.82 Å². The molecule has 9 heteroatoms. The Hall–Kier alpha value is -2.58. The highest BCUT2D eigenvalue weighted by Crippen LogP contribution is 2.35. The number of halogens is 4. The van der Waals surface area contributed by atoms with Crippen molar-refractivity contribution in [3.63, 3.8) is 0 Å². The minimum Gasteiger partial charge on any atom is -0.466 e. The number of nitrogens with one attached hydrogen (secondary N) is 2. The quantitative estimate of drug-likeness (QED) is 0.646. The third-order valence-electron chi connectivity index (χ3n) is 3.31. The molecule has 2 rings (SSSR count).